The first-order valence-corrected chi connectivity index (χ1v) is 15.2. The molecule has 2 heterocycles. The molecule has 1 fully saturated rings. The van der Waals surface area contributed by atoms with E-state index >= 15 is 0 Å². The van der Waals surface area contributed by atoms with Crippen LogP contribution in [0.1, 0.15) is 82.2 Å². The van der Waals surface area contributed by atoms with Gasteiger partial charge < -0.3 is 25.3 Å². The van der Waals surface area contributed by atoms with Gasteiger partial charge in [-0.05, 0) is 82.8 Å². The molecule has 1 aliphatic heterocycles. The number of carbonyl (C=O) groups is 1. The molecule has 40 heavy (non-hydrogen) atoms. The summed E-state index contributed by atoms with van der Waals surface area (Å²) in [5.74, 6) is 1.23. The van der Waals surface area contributed by atoms with Gasteiger partial charge in [0.2, 0.25) is 0 Å². The Balaban J connectivity index is 1.44. The number of carbonyl (C=O) groups excluding carboxylic acids is 1. The molecule has 1 aliphatic rings. The number of amides is 1. The summed E-state index contributed by atoms with van der Waals surface area (Å²) >= 11 is 12.8. The van der Waals surface area contributed by atoms with Gasteiger partial charge in [-0.1, -0.05) is 60.3 Å². The van der Waals surface area contributed by atoms with E-state index in [2.05, 4.69) is 34.1 Å². The van der Waals surface area contributed by atoms with Crippen LogP contribution >= 0.6 is 23.2 Å². The molecule has 7 nitrogen and oxygen atoms in total. The van der Waals surface area contributed by atoms with Gasteiger partial charge >= 0.3 is 6.09 Å². The zero-order valence-electron chi connectivity index (χ0n) is 24.0. The predicted molar refractivity (Wildman–Crippen MR) is 164 cm³/mol. The summed E-state index contributed by atoms with van der Waals surface area (Å²) in [6.07, 6.45) is 6.11. The van der Waals surface area contributed by atoms with Crippen LogP contribution in [0.5, 0.6) is 0 Å². The molecular weight excluding hydrogens is 545 g/mol. The molecule has 0 spiro atoms. The average molecular weight is 589 g/mol. The highest BCUT2D eigenvalue weighted by Gasteiger charge is 2.30. The summed E-state index contributed by atoms with van der Waals surface area (Å²) in [4.78, 5) is 19.4. The predicted octanol–water partition coefficient (Wildman–Crippen LogP) is 7.11. The van der Waals surface area contributed by atoms with E-state index in [0.29, 0.717) is 29.7 Å². The Kier molecular flexibility index (Phi) is 10.7. The summed E-state index contributed by atoms with van der Waals surface area (Å²) in [5, 5.41) is 4.57. The molecule has 2 aromatic carbocycles. The smallest absolute Gasteiger partial charge is 0.410 e. The molecule has 0 aliphatic carbocycles. The number of halogens is 2. The van der Waals surface area contributed by atoms with Gasteiger partial charge in [0.1, 0.15) is 11.4 Å². The number of unbranched alkanes of at least 4 members (excludes halogenated alkanes) is 3. The molecule has 9 heteroatoms. The molecule has 1 amide bonds. The van der Waals surface area contributed by atoms with Gasteiger partial charge in [-0.3, -0.25) is 0 Å². The second-order valence-electron chi connectivity index (χ2n) is 11.7. The Morgan fingerprint density at radius 2 is 1.68 bits per heavy atom. The highest BCUT2D eigenvalue weighted by Crippen LogP contribution is 2.34. The van der Waals surface area contributed by atoms with Crippen molar-refractivity contribution in [2.24, 2.45) is 5.73 Å². The quantitative estimate of drug-likeness (QED) is 0.233. The third-order valence-electron chi connectivity index (χ3n) is 7.33. The van der Waals surface area contributed by atoms with Crippen LogP contribution in [0.3, 0.4) is 0 Å². The summed E-state index contributed by atoms with van der Waals surface area (Å²) in [7, 11) is 0. The van der Waals surface area contributed by atoms with Crippen LogP contribution < -0.4 is 11.1 Å². The first kappa shape index (κ1) is 30.6. The fraction of sp³-hybridized carbons (Fsp3) is 0.548. The minimum Gasteiger partial charge on any atom is -0.444 e. The van der Waals surface area contributed by atoms with Crippen molar-refractivity contribution < 1.29 is 9.53 Å². The molecular formula is C31H43Cl2N5O2. The van der Waals surface area contributed by atoms with Gasteiger partial charge in [0.05, 0.1) is 21.1 Å². The lowest BCUT2D eigenvalue weighted by molar-refractivity contribution is 0.0202. The molecule has 0 unspecified atom stereocenters. The van der Waals surface area contributed by atoms with Crippen LogP contribution in [0.2, 0.25) is 10.0 Å². The van der Waals surface area contributed by atoms with Gasteiger partial charge in [-0.25, -0.2) is 9.78 Å². The van der Waals surface area contributed by atoms with Crippen molar-refractivity contribution in [1.29, 1.82) is 0 Å². The molecule has 0 atom stereocenters. The van der Waals surface area contributed by atoms with Crippen molar-refractivity contribution in [2.75, 3.05) is 26.2 Å². The van der Waals surface area contributed by atoms with Crippen LogP contribution in [-0.4, -0.2) is 52.3 Å². The van der Waals surface area contributed by atoms with Gasteiger partial charge in [0, 0.05) is 32.1 Å². The molecule has 1 saturated heterocycles. The largest absolute Gasteiger partial charge is 0.444 e. The van der Waals surface area contributed by atoms with Crippen LogP contribution in [0.4, 0.5) is 4.79 Å². The minimum absolute atomic E-state index is 0.219. The van der Waals surface area contributed by atoms with Crippen LogP contribution in [-0.2, 0) is 17.8 Å². The molecule has 3 N–H and O–H groups in total. The summed E-state index contributed by atoms with van der Waals surface area (Å²) in [5.41, 5.74) is 9.34. The second kappa shape index (κ2) is 14.0. The van der Waals surface area contributed by atoms with E-state index in [1.54, 1.807) is 4.90 Å². The zero-order valence-corrected chi connectivity index (χ0v) is 25.5. The lowest BCUT2D eigenvalue weighted by atomic mass is 9.96. The Morgan fingerprint density at radius 3 is 2.35 bits per heavy atom. The van der Waals surface area contributed by atoms with E-state index in [9.17, 15) is 4.79 Å². The van der Waals surface area contributed by atoms with Gasteiger partial charge in [0.25, 0.3) is 0 Å². The van der Waals surface area contributed by atoms with Crippen molar-refractivity contribution in [2.45, 2.75) is 83.9 Å². The number of hydrogen-bond acceptors (Lipinski definition) is 5. The number of rotatable bonds is 11. The topological polar surface area (TPSA) is 85.4 Å². The van der Waals surface area contributed by atoms with E-state index < -0.39 is 5.60 Å². The van der Waals surface area contributed by atoms with Crippen molar-refractivity contribution in [3.05, 3.63) is 63.4 Å². The van der Waals surface area contributed by atoms with Gasteiger partial charge in [-0.15, -0.1) is 0 Å². The van der Waals surface area contributed by atoms with Gasteiger partial charge in [0.15, 0.2) is 0 Å². The Bertz CT molecular complexity index is 1260. The number of nitrogens with zero attached hydrogens (tertiary/aromatic N) is 3. The van der Waals surface area contributed by atoms with Gasteiger partial charge in [-0.2, -0.15) is 0 Å². The number of hydrogen-bond donors (Lipinski definition) is 2. The maximum Gasteiger partial charge on any atom is 0.410 e. The normalized spacial score (nSPS) is 14.7. The number of aromatic nitrogens is 2. The summed E-state index contributed by atoms with van der Waals surface area (Å²) < 4.78 is 7.85. The third kappa shape index (κ3) is 8.35. The molecule has 218 valence electrons. The first-order chi connectivity index (χ1) is 19.1. The SMILES string of the molecule is CC(C)(C)OC(=O)N1CCC(c2nc3cc(Cl)c(Cl)cc3n2Cc2ccc(CNCCCCCCN)cc2)CC1. The number of nitrogens with one attached hydrogen (secondary N) is 1. The van der Waals surface area contributed by atoms with E-state index in [1.807, 2.05) is 32.9 Å². The number of likely N-dealkylation sites (tertiary alicyclic amines) is 1. The fourth-order valence-electron chi connectivity index (χ4n) is 5.19. The number of benzene rings is 2. The number of ether oxygens (including phenoxy) is 1. The van der Waals surface area contributed by atoms with E-state index in [0.717, 1.165) is 55.8 Å². The highest BCUT2D eigenvalue weighted by atomic mass is 35.5. The Labute approximate surface area is 248 Å². The van der Waals surface area contributed by atoms with Crippen molar-refractivity contribution in [3.8, 4) is 0 Å². The van der Waals surface area contributed by atoms with Crippen LogP contribution in [0.15, 0.2) is 36.4 Å². The summed E-state index contributed by atoms with van der Waals surface area (Å²) in [6.45, 7) is 10.3. The number of nitrogens with two attached hydrogens (primary N) is 1. The van der Waals surface area contributed by atoms with Crippen LogP contribution in [0, 0.1) is 0 Å². The van der Waals surface area contributed by atoms with Crippen molar-refractivity contribution >= 4 is 40.3 Å². The lowest BCUT2D eigenvalue weighted by Gasteiger charge is -2.33. The molecule has 0 radical (unpaired) electrons. The Morgan fingerprint density at radius 1 is 1.02 bits per heavy atom. The van der Waals surface area contributed by atoms with E-state index in [-0.39, 0.29) is 12.0 Å². The lowest BCUT2D eigenvalue weighted by Crippen LogP contribution is -2.41. The maximum absolute atomic E-state index is 12.6. The monoisotopic (exact) mass is 587 g/mol. The molecule has 0 bridgehead atoms. The number of fused-ring (bicyclic) bond motifs is 1. The molecule has 1 aromatic heterocycles. The molecule has 3 aromatic rings. The minimum atomic E-state index is -0.503. The standard InChI is InChI=1S/C31H43Cl2N5O2/c1-31(2,3)40-30(39)37-16-12-24(13-17-37)29-36-27-18-25(32)26(33)19-28(27)38(29)21-23-10-8-22(9-11-23)20-35-15-7-5-4-6-14-34/h8-11,18-19,24,35H,4-7,12-17,20-21,34H2,1-3H3. The average Bonchev–Trinajstić information content (AvgIpc) is 3.25. The number of piperidine rings is 1. The maximum atomic E-state index is 12.6. The van der Waals surface area contributed by atoms with Crippen LogP contribution in [0.25, 0.3) is 11.0 Å². The fourth-order valence-corrected chi connectivity index (χ4v) is 5.50. The van der Waals surface area contributed by atoms with E-state index in [4.69, 9.17) is 38.7 Å². The van der Waals surface area contributed by atoms with E-state index in [1.165, 1.54) is 30.4 Å². The first-order valence-electron chi connectivity index (χ1n) is 14.5. The number of imidazole rings is 1. The summed E-state index contributed by atoms with van der Waals surface area (Å²) in [6, 6.07) is 12.5. The molecule has 4 rings (SSSR count). The Hall–Kier alpha value is -2.32. The second-order valence-corrected chi connectivity index (χ2v) is 12.6. The van der Waals surface area contributed by atoms with Crippen molar-refractivity contribution in [1.82, 2.24) is 19.8 Å². The highest BCUT2D eigenvalue weighted by molar-refractivity contribution is 6.42. The zero-order chi connectivity index (χ0) is 28.7. The molecule has 0 saturated carbocycles. The van der Waals surface area contributed by atoms with Crippen molar-refractivity contribution in [3.63, 3.8) is 0 Å². The third-order valence-corrected chi connectivity index (χ3v) is 8.05.